The SMILES string of the molecule is CC.CCOc1cccc(OC)c1N1C(c2cccc(OC)n2)=NNC1NS(=O)(=O)[C@@H](C)[C@H](OC)c1ncc(C)cn1.[HH]. The molecule has 0 spiro atoms. The molecule has 0 aliphatic carbocycles. The van der Waals surface area contributed by atoms with E-state index in [4.69, 9.17) is 18.9 Å². The number of ether oxygens (including phenoxy) is 4. The van der Waals surface area contributed by atoms with Crippen molar-refractivity contribution >= 4 is 21.5 Å². The standard InChI is InChI=1S/C26H33N7O6S.C2H6.H2/c1-7-39-20-12-9-11-19(36-4)22(20)33-25(18-10-8-13-21(29-18)37-5)30-31-26(33)32-40(34,35)17(3)23(38-6)24-27-14-16(2)15-28-24;1-2;/h8-15,17,23,26,31-32H,7H2,1-6H3;1-2H3;1H/t17-,23-,26?;;/m0../s1. The molecule has 2 N–H and O–H groups in total. The number of nitrogens with zero attached hydrogens (tertiary/aromatic N) is 5. The second-order valence-corrected chi connectivity index (χ2v) is 10.9. The van der Waals surface area contributed by atoms with Crippen LogP contribution in [-0.2, 0) is 14.8 Å². The number of amidine groups is 1. The van der Waals surface area contributed by atoms with E-state index >= 15 is 0 Å². The highest BCUT2D eigenvalue weighted by atomic mass is 32.2. The Bertz CT molecular complexity index is 1460. The Hall–Kier alpha value is -4.01. The van der Waals surface area contributed by atoms with Gasteiger partial charge in [-0.15, -0.1) is 0 Å². The van der Waals surface area contributed by atoms with Crippen LogP contribution in [0.15, 0.2) is 53.9 Å². The van der Waals surface area contributed by atoms with Crippen LogP contribution in [0.5, 0.6) is 17.4 Å². The normalized spacial score (nSPS) is 16.0. The molecule has 2 aromatic heterocycles. The quantitative estimate of drug-likeness (QED) is 0.313. The summed E-state index contributed by atoms with van der Waals surface area (Å²) in [7, 11) is 0.366. The van der Waals surface area contributed by atoms with E-state index in [1.807, 2.05) is 27.7 Å². The van der Waals surface area contributed by atoms with Gasteiger partial charge >= 0.3 is 0 Å². The molecule has 1 aliphatic heterocycles. The Labute approximate surface area is 248 Å². The van der Waals surface area contributed by atoms with Gasteiger partial charge in [0.05, 0.1) is 20.8 Å². The topological polar surface area (TPSA) is 149 Å². The lowest BCUT2D eigenvalue weighted by molar-refractivity contribution is 0.0944. The van der Waals surface area contributed by atoms with Crippen molar-refractivity contribution in [3.63, 3.8) is 0 Å². The van der Waals surface area contributed by atoms with Crippen LogP contribution >= 0.6 is 0 Å². The number of aromatic nitrogens is 3. The lowest BCUT2D eigenvalue weighted by Crippen LogP contribution is -2.55. The molecule has 1 unspecified atom stereocenters. The number of para-hydroxylation sites is 1. The second kappa shape index (κ2) is 14.8. The van der Waals surface area contributed by atoms with E-state index in [0.717, 1.165) is 5.56 Å². The van der Waals surface area contributed by atoms with Crippen LogP contribution in [0.2, 0.25) is 0 Å². The summed E-state index contributed by atoms with van der Waals surface area (Å²) in [6.07, 6.45) is 1.21. The molecule has 42 heavy (non-hydrogen) atoms. The van der Waals surface area contributed by atoms with Gasteiger partial charge < -0.3 is 18.9 Å². The molecular weight excluding hydrogens is 562 g/mol. The number of hydrogen-bond acceptors (Lipinski definition) is 12. The third-order valence-electron chi connectivity index (χ3n) is 6.16. The summed E-state index contributed by atoms with van der Waals surface area (Å²) in [5.74, 6) is 1.83. The number of rotatable bonds is 12. The minimum Gasteiger partial charge on any atom is -0.494 e. The van der Waals surface area contributed by atoms with Gasteiger partial charge in [0.1, 0.15) is 34.2 Å². The molecule has 1 aromatic carbocycles. The molecule has 0 saturated heterocycles. The molecule has 3 heterocycles. The van der Waals surface area contributed by atoms with Crippen LogP contribution < -0.4 is 29.3 Å². The zero-order valence-electron chi connectivity index (χ0n) is 25.2. The van der Waals surface area contributed by atoms with Crippen LogP contribution in [0, 0.1) is 6.92 Å². The minimum atomic E-state index is -4.08. The van der Waals surface area contributed by atoms with Gasteiger partial charge in [0.15, 0.2) is 17.9 Å². The number of nitrogens with one attached hydrogen (secondary N) is 2. The maximum atomic E-state index is 13.8. The van der Waals surface area contributed by atoms with E-state index in [-0.39, 0.29) is 7.25 Å². The van der Waals surface area contributed by atoms with Crippen molar-refractivity contribution in [1.29, 1.82) is 0 Å². The molecule has 3 atom stereocenters. The number of hydrazone groups is 1. The summed E-state index contributed by atoms with van der Waals surface area (Å²) < 4.78 is 52.6. The van der Waals surface area contributed by atoms with E-state index < -0.39 is 27.7 Å². The van der Waals surface area contributed by atoms with E-state index in [9.17, 15) is 8.42 Å². The summed E-state index contributed by atoms with van der Waals surface area (Å²) in [6.45, 7) is 9.59. The average Bonchev–Trinajstić information content (AvgIpc) is 3.41. The van der Waals surface area contributed by atoms with Gasteiger partial charge in [0, 0.05) is 27.0 Å². The van der Waals surface area contributed by atoms with E-state index in [1.165, 1.54) is 28.3 Å². The van der Waals surface area contributed by atoms with Gasteiger partial charge in [0.25, 0.3) is 0 Å². The van der Waals surface area contributed by atoms with Crippen LogP contribution in [0.3, 0.4) is 0 Å². The summed E-state index contributed by atoms with van der Waals surface area (Å²) in [5, 5.41) is 3.38. The molecule has 0 radical (unpaired) electrons. The van der Waals surface area contributed by atoms with Gasteiger partial charge in [-0.05, 0) is 44.5 Å². The molecule has 13 nitrogen and oxygen atoms in total. The lowest BCUT2D eigenvalue weighted by atomic mass is 10.2. The van der Waals surface area contributed by atoms with Crippen molar-refractivity contribution < 1.29 is 28.8 Å². The van der Waals surface area contributed by atoms with E-state index in [2.05, 4.69) is 30.2 Å². The molecule has 1 aliphatic rings. The Balaban J connectivity index is 0.00000211. The summed E-state index contributed by atoms with van der Waals surface area (Å²) in [4.78, 5) is 14.7. The lowest BCUT2D eigenvalue weighted by Gasteiger charge is -2.31. The molecule has 0 saturated carbocycles. The highest BCUT2D eigenvalue weighted by Crippen LogP contribution is 2.40. The first-order chi connectivity index (χ1) is 20.2. The highest BCUT2D eigenvalue weighted by molar-refractivity contribution is 7.90. The predicted molar refractivity (Wildman–Crippen MR) is 162 cm³/mol. The zero-order valence-corrected chi connectivity index (χ0v) is 26.0. The number of benzene rings is 1. The second-order valence-electron chi connectivity index (χ2n) is 8.79. The first-order valence-corrected chi connectivity index (χ1v) is 15.0. The van der Waals surface area contributed by atoms with Crippen molar-refractivity contribution in [2.45, 2.75) is 52.3 Å². The van der Waals surface area contributed by atoms with Gasteiger partial charge in [-0.3, -0.25) is 10.3 Å². The van der Waals surface area contributed by atoms with Crippen LogP contribution in [-0.4, -0.2) is 68.7 Å². The van der Waals surface area contributed by atoms with Crippen molar-refractivity contribution in [1.82, 2.24) is 25.1 Å². The molecular formula is C28H41N7O6S. The van der Waals surface area contributed by atoms with Crippen LogP contribution in [0.25, 0.3) is 0 Å². The van der Waals surface area contributed by atoms with E-state index in [1.54, 1.807) is 53.7 Å². The molecule has 4 rings (SSSR count). The van der Waals surface area contributed by atoms with Crippen molar-refractivity contribution in [3.8, 4) is 17.4 Å². The molecule has 0 bridgehead atoms. The Morgan fingerprint density at radius 1 is 1.05 bits per heavy atom. The summed E-state index contributed by atoms with van der Waals surface area (Å²) >= 11 is 0. The van der Waals surface area contributed by atoms with Gasteiger partial charge in [0.2, 0.25) is 15.9 Å². The fourth-order valence-electron chi connectivity index (χ4n) is 4.16. The van der Waals surface area contributed by atoms with Gasteiger partial charge in [-0.25, -0.2) is 23.4 Å². The monoisotopic (exact) mass is 603 g/mol. The Morgan fingerprint density at radius 3 is 2.33 bits per heavy atom. The third kappa shape index (κ3) is 7.06. The minimum absolute atomic E-state index is 0. The van der Waals surface area contributed by atoms with Gasteiger partial charge in [-0.2, -0.15) is 9.82 Å². The molecule has 3 aromatic rings. The molecule has 14 heteroatoms. The smallest absolute Gasteiger partial charge is 0.220 e. The fourth-order valence-corrected chi connectivity index (χ4v) is 5.40. The summed E-state index contributed by atoms with van der Waals surface area (Å²) in [6, 6.07) is 10.5. The van der Waals surface area contributed by atoms with Gasteiger partial charge in [-0.1, -0.05) is 26.0 Å². The maximum absolute atomic E-state index is 13.8. The summed E-state index contributed by atoms with van der Waals surface area (Å²) in [5.41, 5.74) is 4.61. The zero-order chi connectivity index (χ0) is 30.9. The average molecular weight is 604 g/mol. The Morgan fingerprint density at radius 2 is 1.71 bits per heavy atom. The maximum Gasteiger partial charge on any atom is 0.220 e. The van der Waals surface area contributed by atoms with Crippen LogP contribution in [0.4, 0.5) is 5.69 Å². The van der Waals surface area contributed by atoms with E-state index in [0.29, 0.717) is 41.2 Å². The number of methoxy groups -OCH3 is 3. The van der Waals surface area contributed by atoms with Crippen molar-refractivity contribution in [2.75, 3.05) is 32.8 Å². The van der Waals surface area contributed by atoms with Crippen molar-refractivity contribution in [3.05, 3.63) is 65.9 Å². The first-order valence-electron chi connectivity index (χ1n) is 13.5. The number of aryl methyl sites for hydroxylation is 1. The molecule has 230 valence electrons. The first kappa shape index (κ1) is 32.5. The number of sulfonamides is 1. The molecule has 0 fully saturated rings. The fraction of sp³-hybridized carbons (Fsp3) is 0.429. The number of hydrogen-bond donors (Lipinski definition) is 2. The Kier molecular flexibility index (Phi) is 11.4. The number of anilines is 1. The van der Waals surface area contributed by atoms with Crippen LogP contribution in [0.1, 0.15) is 52.3 Å². The molecule has 0 amide bonds. The van der Waals surface area contributed by atoms with Crippen molar-refractivity contribution in [2.24, 2.45) is 5.10 Å². The third-order valence-corrected chi connectivity index (χ3v) is 7.94. The predicted octanol–water partition coefficient (Wildman–Crippen LogP) is 3.62. The number of pyridine rings is 1. The highest BCUT2D eigenvalue weighted by Gasteiger charge is 2.41. The largest absolute Gasteiger partial charge is 0.494 e.